The van der Waals surface area contributed by atoms with Crippen LogP contribution in [0, 0.1) is 18.7 Å². The maximum atomic E-state index is 13.7. The molecular formula is C12H14FN3. The standard InChI is InChI=1S/C12H14FN3/c1-7-3-4-10(13)9(5-7)12-8(2)6-11(14)15-16-12/h3-5,8H,6H2,1-2H3,(H2,14,15). The van der Waals surface area contributed by atoms with Crippen LogP contribution >= 0.6 is 0 Å². The Hall–Kier alpha value is -1.71. The number of amidine groups is 1. The van der Waals surface area contributed by atoms with Gasteiger partial charge in [-0.2, -0.15) is 5.10 Å². The summed E-state index contributed by atoms with van der Waals surface area (Å²) in [4.78, 5) is 0. The Morgan fingerprint density at radius 2 is 2.12 bits per heavy atom. The Bertz CT molecular complexity index is 477. The Kier molecular flexibility index (Phi) is 2.73. The van der Waals surface area contributed by atoms with E-state index in [4.69, 9.17) is 5.73 Å². The van der Waals surface area contributed by atoms with Crippen molar-refractivity contribution < 1.29 is 4.39 Å². The van der Waals surface area contributed by atoms with Crippen LogP contribution in [0.15, 0.2) is 28.4 Å². The Labute approximate surface area is 93.9 Å². The number of aryl methyl sites for hydroxylation is 1. The highest BCUT2D eigenvalue weighted by Crippen LogP contribution is 2.20. The van der Waals surface area contributed by atoms with Crippen molar-refractivity contribution in [3.8, 4) is 0 Å². The number of rotatable bonds is 1. The fourth-order valence-electron chi connectivity index (χ4n) is 1.82. The molecule has 16 heavy (non-hydrogen) atoms. The minimum absolute atomic E-state index is 0.105. The summed E-state index contributed by atoms with van der Waals surface area (Å²) in [5.41, 5.74) is 7.80. The van der Waals surface area contributed by atoms with Gasteiger partial charge in [0.25, 0.3) is 0 Å². The van der Waals surface area contributed by atoms with Crippen molar-refractivity contribution in [2.75, 3.05) is 0 Å². The van der Waals surface area contributed by atoms with Gasteiger partial charge in [0, 0.05) is 17.9 Å². The molecule has 0 bridgehead atoms. The van der Waals surface area contributed by atoms with E-state index in [9.17, 15) is 4.39 Å². The summed E-state index contributed by atoms with van der Waals surface area (Å²) < 4.78 is 13.7. The minimum Gasteiger partial charge on any atom is -0.386 e. The molecule has 0 saturated heterocycles. The molecule has 1 aliphatic heterocycles. The third kappa shape index (κ3) is 1.96. The predicted molar refractivity (Wildman–Crippen MR) is 63.1 cm³/mol. The summed E-state index contributed by atoms with van der Waals surface area (Å²) >= 11 is 0. The highest BCUT2D eigenvalue weighted by molar-refractivity contribution is 6.05. The van der Waals surface area contributed by atoms with Crippen LogP contribution in [0.2, 0.25) is 0 Å². The lowest BCUT2D eigenvalue weighted by atomic mass is 9.93. The average Bonchev–Trinajstić information content (AvgIpc) is 2.22. The van der Waals surface area contributed by atoms with Crippen LogP contribution in [-0.2, 0) is 0 Å². The highest BCUT2D eigenvalue weighted by atomic mass is 19.1. The minimum atomic E-state index is -0.258. The molecule has 0 amide bonds. The molecule has 0 fully saturated rings. The fourth-order valence-corrected chi connectivity index (χ4v) is 1.82. The van der Waals surface area contributed by atoms with Crippen LogP contribution < -0.4 is 5.73 Å². The smallest absolute Gasteiger partial charge is 0.132 e. The molecule has 1 aromatic carbocycles. The molecular weight excluding hydrogens is 205 g/mol. The average molecular weight is 219 g/mol. The monoisotopic (exact) mass is 219 g/mol. The number of nitrogens with zero attached hydrogens (tertiary/aromatic N) is 2. The molecule has 1 heterocycles. The number of hydrogen-bond acceptors (Lipinski definition) is 3. The quantitative estimate of drug-likeness (QED) is 0.773. The maximum absolute atomic E-state index is 13.7. The molecule has 2 rings (SSSR count). The summed E-state index contributed by atoms with van der Waals surface area (Å²) in [7, 11) is 0. The SMILES string of the molecule is Cc1ccc(F)c(C2=NN=C(N)CC2C)c1. The third-order valence-corrected chi connectivity index (χ3v) is 2.67. The van der Waals surface area contributed by atoms with Crippen LogP contribution in [0.5, 0.6) is 0 Å². The first-order chi connectivity index (χ1) is 7.58. The highest BCUT2D eigenvalue weighted by Gasteiger charge is 2.21. The van der Waals surface area contributed by atoms with Crippen molar-refractivity contribution in [2.24, 2.45) is 21.9 Å². The van der Waals surface area contributed by atoms with Crippen molar-refractivity contribution in [1.82, 2.24) is 0 Å². The normalized spacial score (nSPS) is 20.3. The van der Waals surface area contributed by atoms with E-state index in [2.05, 4.69) is 10.2 Å². The Morgan fingerprint density at radius 1 is 1.38 bits per heavy atom. The van der Waals surface area contributed by atoms with Crippen LogP contribution in [0.4, 0.5) is 4.39 Å². The van der Waals surface area contributed by atoms with E-state index in [1.807, 2.05) is 13.8 Å². The van der Waals surface area contributed by atoms with Gasteiger partial charge >= 0.3 is 0 Å². The molecule has 0 saturated carbocycles. The number of nitrogens with two attached hydrogens (primary N) is 1. The Morgan fingerprint density at radius 3 is 2.81 bits per heavy atom. The van der Waals surface area contributed by atoms with E-state index in [-0.39, 0.29) is 11.7 Å². The molecule has 2 N–H and O–H groups in total. The van der Waals surface area contributed by atoms with Gasteiger partial charge in [-0.05, 0) is 19.1 Å². The number of hydrogen-bond donors (Lipinski definition) is 1. The van der Waals surface area contributed by atoms with Gasteiger partial charge < -0.3 is 5.73 Å². The lowest BCUT2D eigenvalue weighted by Gasteiger charge is -2.17. The molecule has 0 spiro atoms. The largest absolute Gasteiger partial charge is 0.386 e. The van der Waals surface area contributed by atoms with Crippen LogP contribution in [0.1, 0.15) is 24.5 Å². The fraction of sp³-hybridized carbons (Fsp3) is 0.333. The van der Waals surface area contributed by atoms with E-state index in [1.165, 1.54) is 6.07 Å². The molecule has 0 aliphatic carbocycles. The molecule has 1 aliphatic rings. The number of benzene rings is 1. The van der Waals surface area contributed by atoms with Crippen LogP contribution in [0.25, 0.3) is 0 Å². The summed E-state index contributed by atoms with van der Waals surface area (Å²) in [5.74, 6) is 0.352. The topological polar surface area (TPSA) is 50.7 Å². The summed E-state index contributed by atoms with van der Waals surface area (Å²) in [6.07, 6.45) is 0.631. The molecule has 3 nitrogen and oxygen atoms in total. The molecule has 1 atom stereocenters. The van der Waals surface area contributed by atoms with Gasteiger partial charge in [-0.25, -0.2) is 4.39 Å². The molecule has 0 aromatic heterocycles. The zero-order chi connectivity index (χ0) is 11.7. The summed E-state index contributed by atoms with van der Waals surface area (Å²) in [6.45, 7) is 3.90. The van der Waals surface area contributed by atoms with Gasteiger partial charge in [0.1, 0.15) is 11.7 Å². The summed E-state index contributed by atoms with van der Waals surface area (Å²) in [5, 5.41) is 7.83. The van der Waals surface area contributed by atoms with Gasteiger partial charge in [0.15, 0.2) is 0 Å². The molecule has 84 valence electrons. The van der Waals surface area contributed by atoms with E-state index < -0.39 is 0 Å². The first kappa shape index (κ1) is 10.8. The third-order valence-electron chi connectivity index (χ3n) is 2.67. The molecule has 1 aromatic rings. The van der Waals surface area contributed by atoms with Crippen LogP contribution in [-0.4, -0.2) is 11.5 Å². The second-order valence-corrected chi connectivity index (χ2v) is 4.17. The zero-order valence-corrected chi connectivity index (χ0v) is 9.37. The van der Waals surface area contributed by atoms with Crippen molar-refractivity contribution in [1.29, 1.82) is 0 Å². The maximum Gasteiger partial charge on any atom is 0.132 e. The second-order valence-electron chi connectivity index (χ2n) is 4.17. The molecule has 1 unspecified atom stereocenters. The van der Waals surface area contributed by atoms with Crippen molar-refractivity contribution in [3.63, 3.8) is 0 Å². The van der Waals surface area contributed by atoms with Gasteiger partial charge in [-0.3, -0.25) is 0 Å². The van der Waals surface area contributed by atoms with Crippen molar-refractivity contribution >= 4 is 11.5 Å². The first-order valence-corrected chi connectivity index (χ1v) is 5.24. The first-order valence-electron chi connectivity index (χ1n) is 5.24. The van der Waals surface area contributed by atoms with E-state index in [1.54, 1.807) is 12.1 Å². The van der Waals surface area contributed by atoms with E-state index >= 15 is 0 Å². The molecule has 4 heteroatoms. The van der Waals surface area contributed by atoms with Crippen LogP contribution in [0.3, 0.4) is 0 Å². The Balaban J connectivity index is 2.48. The summed E-state index contributed by atoms with van der Waals surface area (Å²) in [6, 6.07) is 4.99. The van der Waals surface area contributed by atoms with E-state index in [0.29, 0.717) is 23.5 Å². The van der Waals surface area contributed by atoms with Gasteiger partial charge in [-0.15, -0.1) is 5.10 Å². The van der Waals surface area contributed by atoms with Gasteiger partial charge in [0.2, 0.25) is 0 Å². The van der Waals surface area contributed by atoms with Crippen molar-refractivity contribution in [3.05, 3.63) is 35.1 Å². The van der Waals surface area contributed by atoms with Crippen molar-refractivity contribution in [2.45, 2.75) is 20.3 Å². The van der Waals surface area contributed by atoms with Gasteiger partial charge in [0.05, 0.1) is 5.71 Å². The number of halogens is 1. The second kappa shape index (κ2) is 4.04. The lowest BCUT2D eigenvalue weighted by Crippen LogP contribution is -2.25. The predicted octanol–water partition coefficient (Wildman–Crippen LogP) is 2.24. The lowest BCUT2D eigenvalue weighted by molar-refractivity contribution is 0.621. The zero-order valence-electron chi connectivity index (χ0n) is 9.37. The van der Waals surface area contributed by atoms with Gasteiger partial charge in [-0.1, -0.05) is 18.6 Å². The molecule has 0 radical (unpaired) electrons. The van der Waals surface area contributed by atoms with E-state index in [0.717, 1.165) is 5.56 Å².